The van der Waals surface area contributed by atoms with Gasteiger partial charge in [0, 0.05) is 36.3 Å². The number of anilines is 1. The first-order valence-corrected chi connectivity index (χ1v) is 9.98. The molecule has 1 unspecified atom stereocenters. The third-order valence-corrected chi connectivity index (χ3v) is 5.52. The lowest BCUT2D eigenvalue weighted by atomic mass is 10.0. The molecule has 156 valence electrons. The van der Waals surface area contributed by atoms with Gasteiger partial charge in [-0.25, -0.2) is 0 Å². The Kier molecular flexibility index (Phi) is 5.49. The van der Waals surface area contributed by atoms with Gasteiger partial charge in [-0.15, -0.1) is 0 Å². The van der Waals surface area contributed by atoms with Crippen LogP contribution in [0.2, 0.25) is 0 Å². The van der Waals surface area contributed by atoms with Crippen LogP contribution >= 0.6 is 0 Å². The van der Waals surface area contributed by atoms with Crippen LogP contribution in [0.25, 0.3) is 11.1 Å². The van der Waals surface area contributed by atoms with Crippen molar-refractivity contribution in [2.24, 2.45) is 0 Å². The van der Waals surface area contributed by atoms with Crippen molar-refractivity contribution in [3.8, 4) is 11.1 Å². The summed E-state index contributed by atoms with van der Waals surface area (Å²) in [4.78, 5) is 39.8. The summed E-state index contributed by atoms with van der Waals surface area (Å²) < 4.78 is 0. The van der Waals surface area contributed by atoms with Gasteiger partial charge in [0.25, 0.3) is 11.6 Å². The summed E-state index contributed by atoms with van der Waals surface area (Å²) in [5.41, 5.74) is 3.03. The molecule has 1 aliphatic rings. The Morgan fingerprint density at radius 1 is 0.935 bits per heavy atom. The summed E-state index contributed by atoms with van der Waals surface area (Å²) in [6, 6.07) is 22.4. The maximum atomic E-state index is 13.2. The highest BCUT2D eigenvalue weighted by Gasteiger charge is 2.36. The molecule has 0 aromatic heterocycles. The average Bonchev–Trinajstić information content (AvgIpc) is 2.81. The lowest BCUT2D eigenvalue weighted by Crippen LogP contribution is -2.57. The predicted octanol–water partition coefficient (Wildman–Crippen LogP) is 4.14. The van der Waals surface area contributed by atoms with E-state index < -0.39 is 11.0 Å². The van der Waals surface area contributed by atoms with E-state index in [1.807, 2.05) is 54.6 Å². The van der Waals surface area contributed by atoms with E-state index in [1.165, 1.54) is 29.2 Å². The SMILES string of the molecule is CC1C(=O)N(c2ccccc2-c2ccccc2)CCN1C(=O)c1ccc([N+](=O)[O-])cc1. The lowest BCUT2D eigenvalue weighted by molar-refractivity contribution is -0.384. The van der Waals surface area contributed by atoms with Gasteiger partial charge in [-0.05, 0) is 30.7 Å². The second-order valence-corrected chi connectivity index (χ2v) is 7.35. The number of carbonyl (C=O) groups is 2. The Bertz CT molecular complexity index is 1130. The Morgan fingerprint density at radius 3 is 2.26 bits per heavy atom. The van der Waals surface area contributed by atoms with Crippen molar-refractivity contribution in [2.75, 3.05) is 18.0 Å². The third-order valence-electron chi connectivity index (χ3n) is 5.52. The standard InChI is InChI=1S/C24H21N3O4/c1-17-23(28)26(22-10-6-5-9-21(22)18-7-3-2-4-8-18)16-15-25(17)24(29)19-11-13-20(14-12-19)27(30)31/h2-14,17H,15-16H2,1H3. The van der Waals surface area contributed by atoms with Gasteiger partial charge in [-0.1, -0.05) is 48.5 Å². The van der Waals surface area contributed by atoms with Gasteiger partial charge in [-0.3, -0.25) is 19.7 Å². The topological polar surface area (TPSA) is 83.8 Å². The van der Waals surface area contributed by atoms with Crippen LogP contribution in [0.1, 0.15) is 17.3 Å². The molecule has 0 N–H and O–H groups in total. The lowest BCUT2D eigenvalue weighted by Gasteiger charge is -2.39. The second-order valence-electron chi connectivity index (χ2n) is 7.35. The molecule has 0 spiro atoms. The minimum atomic E-state index is -0.653. The fourth-order valence-electron chi connectivity index (χ4n) is 3.85. The Morgan fingerprint density at radius 2 is 1.58 bits per heavy atom. The van der Waals surface area contributed by atoms with Crippen molar-refractivity contribution in [3.05, 3.63) is 94.5 Å². The summed E-state index contributed by atoms with van der Waals surface area (Å²) in [5, 5.41) is 10.8. The second kappa shape index (κ2) is 8.39. The zero-order valence-electron chi connectivity index (χ0n) is 17.0. The molecule has 3 aromatic carbocycles. The number of nitrogens with zero attached hydrogens (tertiary/aromatic N) is 3. The van der Waals surface area contributed by atoms with Crippen LogP contribution in [-0.2, 0) is 4.79 Å². The molecule has 1 atom stereocenters. The predicted molar refractivity (Wildman–Crippen MR) is 118 cm³/mol. The molecule has 1 heterocycles. The molecular formula is C24H21N3O4. The molecule has 0 bridgehead atoms. The molecule has 2 amide bonds. The number of carbonyl (C=O) groups excluding carboxylic acids is 2. The minimum Gasteiger partial charge on any atom is -0.325 e. The van der Waals surface area contributed by atoms with E-state index in [2.05, 4.69) is 0 Å². The number of rotatable bonds is 4. The van der Waals surface area contributed by atoms with Gasteiger partial charge in [0.05, 0.1) is 10.6 Å². The highest BCUT2D eigenvalue weighted by molar-refractivity contribution is 6.05. The normalized spacial score (nSPS) is 16.3. The number of para-hydroxylation sites is 1. The number of nitro benzene ring substituents is 1. The average molecular weight is 415 g/mol. The van der Waals surface area contributed by atoms with Gasteiger partial charge < -0.3 is 9.80 Å². The summed E-state index contributed by atoms with van der Waals surface area (Å²) in [5.74, 6) is -0.475. The minimum absolute atomic E-state index is 0.0805. The molecule has 7 nitrogen and oxygen atoms in total. The van der Waals surface area contributed by atoms with E-state index in [0.717, 1.165) is 16.8 Å². The molecule has 0 radical (unpaired) electrons. The molecule has 0 saturated carbocycles. The number of non-ortho nitro benzene ring substituents is 1. The number of hydrogen-bond acceptors (Lipinski definition) is 4. The molecule has 0 aliphatic carbocycles. The Hall–Kier alpha value is -4.00. The molecule has 31 heavy (non-hydrogen) atoms. The van der Waals surface area contributed by atoms with E-state index in [0.29, 0.717) is 18.7 Å². The quantitative estimate of drug-likeness (QED) is 0.474. The van der Waals surface area contributed by atoms with Gasteiger partial charge in [-0.2, -0.15) is 0 Å². The number of piperazine rings is 1. The fourth-order valence-corrected chi connectivity index (χ4v) is 3.85. The smallest absolute Gasteiger partial charge is 0.269 e. The van der Waals surface area contributed by atoms with Crippen LogP contribution in [-0.4, -0.2) is 40.8 Å². The first-order valence-electron chi connectivity index (χ1n) is 9.98. The summed E-state index contributed by atoms with van der Waals surface area (Å²) in [6.45, 7) is 2.44. The molecule has 1 saturated heterocycles. The summed E-state index contributed by atoms with van der Waals surface area (Å²) >= 11 is 0. The molecule has 4 rings (SSSR count). The van der Waals surface area contributed by atoms with Crippen LogP contribution in [0.4, 0.5) is 11.4 Å². The first kappa shape index (κ1) is 20.3. The van der Waals surface area contributed by atoms with Crippen molar-refractivity contribution in [3.63, 3.8) is 0 Å². The number of nitro groups is 1. The van der Waals surface area contributed by atoms with E-state index in [4.69, 9.17) is 0 Å². The van der Waals surface area contributed by atoms with Crippen LogP contribution in [0.5, 0.6) is 0 Å². The maximum absolute atomic E-state index is 13.2. The van der Waals surface area contributed by atoms with Crippen LogP contribution in [0, 0.1) is 10.1 Å². The van der Waals surface area contributed by atoms with Crippen molar-refractivity contribution >= 4 is 23.2 Å². The monoisotopic (exact) mass is 415 g/mol. The van der Waals surface area contributed by atoms with Crippen molar-refractivity contribution < 1.29 is 14.5 Å². The highest BCUT2D eigenvalue weighted by Crippen LogP contribution is 2.32. The van der Waals surface area contributed by atoms with Gasteiger partial charge in [0.2, 0.25) is 5.91 Å². The van der Waals surface area contributed by atoms with E-state index >= 15 is 0 Å². The van der Waals surface area contributed by atoms with E-state index in [9.17, 15) is 19.7 Å². The van der Waals surface area contributed by atoms with Gasteiger partial charge in [0.1, 0.15) is 6.04 Å². The van der Waals surface area contributed by atoms with Gasteiger partial charge >= 0.3 is 0 Å². The summed E-state index contributed by atoms with van der Waals surface area (Å²) in [6.07, 6.45) is 0. The van der Waals surface area contributed by atoms with Gasteiger partial charge in [0.15, 0.2) is 0 Å². The zero-order valence-corrected chi connectivity index (χ0v) is 17.0. The molecular weight excluding hydrogens is 394 g/mol. The van der Waals surface area contributed by atoms with Crippen LogP contribution in [0.3, 0.4) is 0 Å². The zero-order chi connectivity index (χ0) is 22.0. The third kappa shape index (κ3) is 3.90. The van der Waals surface area contributed by atoms with Crippen molar-refractivity contribution in [1.29, 1.82) is 0 Å². The summed E-state index contributed by atoms with van der Waals surface area (Å²) in [7, 11) is 0. The highest BCUT2D eigenvalue weighted by atomic mass is 16.6. The number of hydrogen-bond donors (Lipinski definition) is 0. The first-order chi connectivity index (χ1) is 15.0. The Balaban J connectivity index is 1.57. The molecule has 1 fully saturated rings. The largest absolute Gasteiger partial charge is 0.325 e. The van der Waals surface area contributed by atoms with Crippen molar-refractivity contribution in [2.45, 2.75) is 13.0 Å². The van der Waals surface area contributed by atoms with Crippen molar-refractivity contribution in [1.82, 2.24) is 4.90 Å². The molecule has 1 aliphatic heterocycles. The fraction of sp³-hybridized carbons (Fsp3) is 0.167. The Labute approximate surface area is 179 Å². The van der Waals surface area contributed by atoms with Crippen LogP contribution < -0.4 is 4.90 Å². The van der Waals surface area contributed by atoms with E-state index in [-0.39, 0.29) is 17.5 Å². The number of amides is 2. The molecule has 3 aromatic rings. The van der Waals surface area contributed by atoms with Crippen LogP contribution in [0.15, 0.2) is 78.9 Å². The maximum Gasteiger partial charge on any atom is 0.269 e. The number of benzene rings is 3. The van der Waals surface area contributed by atoms with E-state index in [1.54, 1.807) is 11.8 Å². The molecule has 7 heteroatoms.